The normalized spacial score (nSPS) is 10.6. The summed E-state index contributed by atoms with van der Waals surface area (Å²) in [6.07, 6.45) is 3.29. The van der Waals surface area contributed by atoms with Crippen molar-refractivity contribution in [2.45, 2.75) is 19.3 Å². The maximum atomic E-state index is 5.50. The largest absolute Gasteiger partial charge is 0.382 e. The molecule has 0 amide bonds. The lowest BCUT2D eigenvalue weighted by molar-refractivity contribution is 0.801. The van der Waals surface area contributed by atoms with Gasteiger partial charge in [-0.25, -0.2) is 0 Å². The number of nitrogens with zero attached hydrogens (tertiary/aromatic N) is 1. The summed E-state index contributed by atoms with van der Waals surface area (Å²) < 4.78 is 0. The van der Waals surface area contributed by atoms with Crippen molar-refractivity contribution in [1.82, 2.24) is 10.2 Å². The third kappa shape index (κ3) is 2.35. The Bertz CT molecular complexity index is 378. The highest BCUT2D eigenvalue weighted by molar-refractivity contribution is 7.09. The maximum absolute atomic E-state index is 5.50. The molecule has 2 aromatic rings. The molecule has 0 aromatic carbocycles. The second-order valence-electron chi connectivity index (χ2n) is 3.25. The number of anilines is 1. The van der Waals surface area contributed by atoms with Gasteiger partial charge in [0.25, 0.3) is 0 Å². The molecule has 0 aliphatic heterocycles. The Morgan fingerprint density at radius 3 is 3.00 bits per heavy atom. The van der Waals surface area contributed by atoms with E-state index < -0.39 is 0 Å². The molecule has 3 nitrogen and oxygen atoms in total. The van der Waals surface area contributed by atoms with E-state index in [1.54, 1.807) is 0 Å². The molecule has 0 bridgehead atoms. The lowest BCUT2D eigenvalue weighted by Gasteiger charge is -1.95. The number of thiophene rings is 1. The van der Waals surface area contributed by atoms with Crippen LogP contribution in [-0.4, -0.2) is 10.2 Å². The van der Waals surface area contributed by atoms with Crippen LogP contribution in [0.3, 0.4) is 0 Å². The topological polar surface area (TPSA) is 54.7 Å². The summed E-state index contributed by atoms with van der Waals surface area (Å²) in [7, 11) is 0. The van der Waals surface area contributed by atoms with Crippen LogP contribution in [0.25, 0.3) is 0 Å². The number of aryl methyl sites for hydroxylation is 2. The van der Waals surface area contributed by atoms with E-state index >= 15 is 0 Å². The second-order valence-corrected chi connectivity index (χ2v) is 4.28. The van der Waals surface area contributed by atoms with Crippen molar-refractivity contribution >= 4 is 17.2 Å². The Morgan fingerprint density at radius 1 is 1.43 bits per heavy atom. The Kier molecular flexibility index (Phi) is 2.84. The van der Waals surface area contributed by atoms with Gasteiger partial charge in [0.1, 0.15) is 5.82 Å². The van der Waals surface area contributed by atoms with Gasteiger partial charge in [-0.1, -0.05) is 6.07 Å². The summed E-state index contributed by atoms with van der Waals surface area (Å²) in [6.45, 7) is 0. The van der Waals surface area contributed by atoms with Crippen LogP contribution < -0.4 is 5.73 Å². The summed E-state index contributed by atoms with van der Waals surface area (Å²) in [4.78, 5) is 1.44. The highest BCUT2D eigenvalue weighted by Gasteiger charge is 1.98. The fraction of sp³-hybridized carbons (Fsp3) is 0.300. The van der Waals surface area contributed by atoms with E-state index in [0.717, 1.165) is 25.0 Å². The first-order valence-corrected chi connectivity index (χ1v) is 5.55. The van der Waals surface area contributed by atoms with Gasteiger partial charge in [0, 0.05) is 16.6 Å². The number of aromatic amines is 1. The molecule has 3 N–H and O–H groups in total. The molecule has 0 aliphatic rings. The van der Waals surface area contributed by atoms with Gasteiger partial charge in [0.15, 0.2) is 0 Å². The summed E-state index contributed by atoms with van der Waals surface area (Å²) in [5, 5.41) is 8.92. The number of rotatable bonds is 4. The van der Waals surface area contributed by atoms with Crippen LogP contribution >= 0.6 is 11.3 Å². The van der Waals surface area contributed by atoms with E-state index in [2.05, 4.69) is 27.7 Å². The average molecular weight is 207 g/mol. The molecule has 0 saturated carbocycles. The van der Waals surface area contributed by atoms with Gasteiger partial charge >= 0.3 is 0 Å². The van der Waals surface area contributed by atoms with Crippen LogP contribution in [0, 0.1) is 0 Å². The van der Waals surface area contributed by atoms with E-state index in [4.69, 9.17) is 5.73 Å². The minimum atomic E-state index is 0.580. The highest BCUT2D eigenvalue weighted by atomic mass is 32.1. The molecule has 2 aromatic heterocycles. The third-order valence-corrected chi connectivity index (χ3v) is 3.04. The Balaban J connectivity index is 1.78. The molecular formula is C10H13N3S. The Labute approximate surface area is 87.0 Å². The Hall–Kier alpha value is -1.29. The zero-order valence-electron chi connectivity index (χ0n) is 7.86. The van der Waals surface area contributed by atoms with E-state index in [0.29, 0.717) is 5.82 Å². The van der Waals surface area contributed by atoms with Crippen LogP contribution in [0.1, 0.15) is 17.0 Å². The number of nitrogen functional groups attached to an aromatic ring is 1. The molecule has 0 spiro atoms. The zero-order valence-corrected chi connectivity index (χ0v) is 8.68. The molecule has 0 aliphatic carbocycles. The van der Waals surface area contributed by atoms with Gasteiger partial charge in [-0.2, -0.15) is 5.10 Å². The van der Waals surface area contributed by atoms with Crippen LogP contribution in [0.2, 0.25) is 0 Å². The lowest BCUT2D eigenvalue weighted by Crippen LogP contribution is -1.88. The zero-order chi connectivity index (χ0) is 9.80. The van der Waals surface area contributed by atoms with Gasteiger partial charge in [-0.3, -0.25) is 5.10 Å². The number of nitrogens with one attached hydrogen (secondary N) is 1. The molecule has 0 unspecified atom stereocenters. The average Bonchev–Trinajstić information content (AvgIpc) is 2.77. The molecule has 14 heavy (non-hydrogen) atoms. The quantitative estimate of drug-likeness (QED) is 0.807. The second kappa shape index (κ2) is 4.28. The molecule has 0 fully saturated rings. The first kappa shape index (κ1) is 9.27. The van der Waals surface area contributed by atoms with Crippen molar-refractivity contribution in [2.75, 3.05) is 5.73 Å². The molecule has 0 atom stereocenters. The summed E-state index contributed by atoms with van der Waals surface area (Å²) in [5.74, 6) is 0.580. The molecule has 4 heteroatoms. The van der Waals surface area contributed by atoms with E-state index in [9.17, 15) is 0 Å². The maximum Gasteiger partial charge on any atom is 0.145 e. The van der Waals surface area contributed by atoms with E-state index in [-0.39, 0.29) is 0 Å². The van der Waals surface area contributed by atoms with Crippen molar-refractivity contribution in [2.24, 2.45) is 0 Å². The number of H-pyrrole nitrogens is 1. The van der Waals surface area contributed by atoms with Gasteiger partial charge in [0.2, 0.25) is 0 Å². The minimum Gasteiger partial charge on any atom is -0.382 e. The van der Waals surface area contributed by atoms with Gasteiger partial charge in [0.05, 0.1) is 0 Å². The molecule has 2 rings (SSSR count). The summed E-state index contributed by atoms with van der Waals surface area (Å²) in [6, 6.07) is 6.16. The number of nitrogens with two attached hydrogens (primary N) is 1. The van der Waals surface area contributed by atoms with Crippen molar-refractivity contribution < 1.29 is 0 Å². The van der Waals surface area contributed by atoms with Crippen LogP contribution in [0.5, 0.6) is 0 Å². The minimum absolute atomic E-state index is 0.580. The fourth-order valence-corrected chi connectivity index (χ4v) is 2.17. The molecule has 74 valence electrons. The van der Waals surface area contributed by atoms with Gasteiger partial charge in [-0.05, 0) is 30.7 Å². The van der Waals surface area contributed by atoms with E-state index in [1.807, 2.05) is 17.4 Å². The van der Waals surface area contributed by atoms with Crippen LogP contribution in [0.4, 0.5) is 5.82 Å². The van der Waals surface area contributed by atoms with Gasteiger partial charge in [-0.15, -0.1) is 11.3 Å². The third-order valence-electron chi connectivity index (χ3n) is 2.10. The lowest BCUT2D eigenvalue weighted by atomic mass is 10.2. The molecule has 0 saturated heterocycles. The first-order chi connectivity index (χ1) is 6.84. The fourth-order valence-electron chi connectivity index (χ4n) is 1.42. The van der Waals surface area contributed by atoms with Crippen molar-refractivity contribution in [3.63, 3.8) is 0 Å². The van der Waals surface area contributed by atoms with Crippen molar-refractivity contribution in [3.05, 3.63) is 34.2 Å². The van der Waals surface area contributed by atoms with E-state index in [1.165, 1.54) is 4.88 Å². The predicted molar refractivity (Wildman–Crippen MR) is 59.3 cm³/mol. The number of hydrogen-bond donors (Lipinski definition) is 2. The highest BCUT2D eigenvalue weighted by Crippen LogP contribution is 2.12. The number of aromatic nitrogens is 2. The van der Waals surface area contributed by atoms with Crippen molar-refractivity contribution in [3.8, 4) is 0 Å². The number of hydrogen-bond acceptors (Lipinski definition) is 3. The van der Waals surface area contributed by atoms with Crippen LogP contribution in [-0.2, 0) is 12.8 Å². The molecule has 2 heterocycles. The summed E-state index contributed by atoms with van der Waals surface area (Å²) in [5.41, 5.74) is 6.63. The smallest absolute Gasteiger partial charge is 0.145 e. The monoisotopic (exact) mass is 207 g/mol. The van der Waals surface area contributed by atoms with Gasteiger partial charge < -0.3 is 5.73 Å². The van der Waals surface area contributed by atoms with Crippen LogP contribution in [0.15, 0.2) is 23.6 Å². The molecule has 0 radical (unpaired) electrons. The van der Waals surface area contributed by atoms with Crippen molar-refractivity contribution in [1.29, 1.82) is 0 Å². The Morgan fingerprint density at radius 2 is 2.36 bits per heavy atom. The first-order valence-electron chi connectivity index (χ1n) is 4.67. The molecular weight excluding hydrogens is 194 g/mol. The standard InChI is InChI=1S/C10H13N3S/c11-10-7-8(12-13-10)3-1-4-9-5-2-6-14-9/h2,5-7H,1,3-4H2,(H3,11,12,13). The predicted octanol–water partition coefficient (Wildman–Crippen LogP) is 2.23. The SMILES string of the molecule is Nc1cc(CCCc2cccs2)[nH]n1. The summed E-state index contributed by atoms with van der Waals surface area (Å²) >= 11 is 1.81.